The minimum Gasteiger partial charge on any atom is -0.466 e. The minimum absolute atomic E-state index is 0.0483. The fraction of sp³-hybridized carbons (Fsp3) is 0.818. The van der Waals surface area contributed by atoms with Crippen molar-refractivity contribution in [1.82, 2.24) is 0 Å². The molecule has 0 unspecified atom stereocenters. The molecule has 1 aliphatic rings. The van der Waals surface area contributed by atoms with Crippen molar-refractivity contribution >= 4 is 11.8 Å². The fourth-order valence-electron chi connectivity index (χ4n) is 1.45. The largest absolute Gasteiger partial charge is 0.466 e. The number of hydrogen-bond acceptors (Lipinski definition) is 5. The van der Waals surface area contributed by atoms with Gasteiger partial charge in [0, 0.05) is 19.3 Å². The molecule has 0 atom stereocenters. The summed E-state index contributed by atoms with van der Waals surface area (Å²) in [4.78, 5) is 22.4. The van der Waals surface area contributed by atoms with Crippen molar-refractivity contribution in [3.63, 3.8) is 0 Å². The van der Waals surface area contributed by atoms with Gasteiger partial charge in [-0.1, -0.05) is 0 Å². The maximum absolute atomic E-state index is 11.4. The van der Waals surface area contributed by atoms with Crippen LogP contribution >= 0.6 is 0 Å². The highest BCUT2D eigenvalue weighted by Gasteiger charge is 2.17. The summed E-state index contributed by atoms with van der Waals surface area (Å²) in [6.07, 6.45) is 1.13. The third kappa shape index (κ3) is 5.23. The second-order valence-corrected chi connectivity index (χ2v) is 3.55. The molecule has 1 fully saturated rings. The lowest BCUT2D eigenvalue weighted by atomic mass is 10.1. The fourth-order valence-corrected chi connectivity index (χ4v) is 1.45. The Kier molecular flexibility index (Phi) is 6.03. The van der Waals surface area contributed by atoms with Gasteiger partial charge >= 0.3 is 5.97 Å². The summed E-state index contributed by atoms with van der Waals surface area (Å²) in [7, 11) is 0. The van der Waals surface area contributed by atoms with E-state index in [9.17, 15) is 9.59 Å². The summed E-state index contributed by atoms with van der Waals surface area (Å²) in [5, 5.41) is 0. The molecule has 5 heteroatoms. The SMILES string of the molecule is CCOC(=O)CCC(=O)CCC1OCCO1. The van der Waals surface area contributed by atoms with Crippen molar-refractivity contribution in [2.45, 2.75) is 38.9 Å². The van der Waals surface area contributed by atoms with Crippen molar-refractivity contribution in [1.29, 1.82) is 0 Å². The average molecular weight is 230 g/mol. The third-order valence-corrected chi connectivity index (χ3v) is 2.26. The van der Waals surface area contributed by atoms with Gasteiger partial charge in [-0.2, -0.15) is 0 Å². The Hall–Kier alpha value is -0.940. The molecule has 0 radical (unpaired) electrons. The molecule has 1 saturated heterocycles. The Labute approximate surface area is 95.0 Å². The zero-order valence-electron chi connectivity index (χ0n) is 9.57. The molecule has 0 aromatic heterocycles. The molecule has 1 aliphatic heterocycles. The Balaban J connectivity index is 2.04. The first-order valence-corrected chi connectivity index (χ1v) is 5.63. The van der Waals surface area contributed by atoms with Crippen molar-refractivity contribution in [3.8, 4) is 0 Å². The number of carbonyl (C=O) groups is 2. The van der Waals surface area contributed by atoms with Gasteiger partial charge in [0.15, 0.2) is 6.29 Å². The van der Waals surface area contributed by atoms with Crippen LogP contribution in [0, 0.1) is 0 Å². The maximum atomic E-state index is 11.4. The average Bonchev–Trinajstić information content (AvgIpc) is 2.77. The van der Waals surface area contributed by atoms with Crippen LogP contribution in [-0.4, -0.2) is 37.9 Å². The van der Waals surface area contributed by atoms with Crippen LogP contribution in [0.1, 0.15) is 32.6 Å². The Bertz CT molecular complexity index is 233. The van der Waals surface area contributed by atoms with E-state index in [4.69, 9.17) is 14.2 Å². The monoisotopic (exact) mass is 230 g/mol. The lowest BCUT2D eigenvalue weighted by Crippen LogP contribution is -2.12. The lowest BCUT2D eigenvalue weighted by molar-refractivity contribution is -0.144. The molecular formula is C11H18O5. The normalized spacial score (nSPS) is 16.3. The molecule has 5 nitrogen and oxygen atoms in total. The summed E-state index contributed by atoms with van der Waals surface area (Å²) in [6.45, 7) is 3.30. The van der Waals surface area contributed by atoms with Gasteiger partial charge in [0.25, 0.3) is 0 Å². The van der Waals surface area contributed by atoms with Gasteiger partial charge in [-0.15, -0.1) is 0 Å². The van der Waals surface area contributed by atoms with Crippen molar-refractivity contribution in [2.24, 2.45) is 0 Å². The molecule has 0 N–H and O–H groups in total. The smallest absolute Gasteiger partial charge is 0.306 e. The molecule has 0 aromatic carbocycles. The molecule has 0 amide bonds. The van der Waals surface area contributed by atoms with Gasteiger partial charge in [0.05, 0.1) is 26.2 Å². The van der Waals surface area contributed by atoms with E-state index < -0.39 is 0 Å². The minimum atomic E-state index is -0.316. The molecule has 0 aliphatic carbocycles. The predicted molar refractivity (Wildman–Crippen MR) is 55.8 cm³/mol. The van der Waals surface area contributed by atoms with E-state index in [1.807, 2.05) is 0 Å². The molecule has 92 valence electrons. The Morgan fingerprint density at radius 2 is 1.88 bits per heavy atom. The highest BCUT2D eigenvalue weighted by Crippen LogP contribution is 2.11. The first-order chi connectivity index (χ1) is 7.72. The summed E-state index contributed by atoms with van der Waals surface area (Å²) < 4.78 is 15.1. The number of hydrogen-bond donors (Lipinski definition) is 0. The highest BCUT2D eigenvalue weighted by atomic mass is 16.7. The van der Waals surface area contributed by atoms with Crippen LogP contribution in [0.4, 0.5) is 0 Å². The number of esters is 1. The van der Waals surface area contributed by atoms with Crippen molar-refractivity contribution in [3.05, 3.63) is 0 Å². The number of carbonyl (C=O) groups excluding carboxylic acids is 2. The second-order valence-electron chi connectivity index (χ2n) is 3.55. The summed E-state index contributed by atoms with van der Waals surface area (Å²) in [5.41, 5.74) is 0. The molecule has 1 heterocycles. The molecule has 16 heavy (non-hydrogen) atoms. The van der Waals surface area contributed by atoms with Crippen LogP contribution in [-0.2, 0) is 23.8 Å². The van der Waals surface area contributed by atoms with E-state index >= 15 is 0 Å². The van der Waals surface area contributed by atoms with E-state index in [1.165, 1.54) is 0 Å². The summed E-state index contributed by atoms with van der Waals surface area (Å²) in [6, 6.07) is 0. The predicted octanol–water partition coefficient (Wildman–Crippen LogP) is 1.05. The van der Waals surface area contributed by atoms with E-state index in [-0.39, 0.29) is 30.9 Å². The Morgan fingerprint density at radius 1 is 1.19 bits per heavy atom. The van der Waals surface area contributed by atoms with Gasteiger partial charge < -0.3 is 14.2 Å². The van der Waals surface area contributed by atoms with Gasteiger partial charge in [-0.3, -0.25) is 9.59 Å². The van der Waals surface area contributed by atoms with Crippen LogP contribution in [0.15, 0.2) is 0 Å². The molecule has 0 spiro atoms. The van der Waals surface area contributed by atoms with Crippen LogP contribution in [0.3, 0.4) is 0 Å². The molecule has 0 aromatic rings. The molecule has 0 bridgehead atoms. The van der Waals surface area contributed by atoms with Crippen LogP contribution in [0.25, 0.3) is 0 Å². The van der Waals surface area contributed by atoms with Gasteiger partial charge in [-0.25, -0.2) is 0 Å². The zero-order valence-corrected chi connectivity index (χ0v) is 9.57. The molecule has 0 saturated carbocycles. The van der Waals surface area contributed by atoms with Crippen molar-refractivity contribution < 1.29 is 23.8 Å². The van der Waals surface area contributed by atoms with Crippen LogP contribution in [0.2, 0.25) is 0 Å². The zero-order chi connectivity index (χ0) is 11.8. The quantitative estimate of drug-likeness (QED) is 0.612. The van der Waals surface area contributed by atoms with Gasteiger partial charge in [0.1, 0.15) is 5.78 Å². The first-order valence-electron chi connectivity index (χ1n) is 5.63. The topological polar surface area (TPSA) is 61.8 Å². The molecule has 1 rings (SSSR count). The van der Waals surface area contributed by atoms with Gasteiger partial charge in [-0.05, 0) is 6.92 Å². The third-order valence-electron chi connectivity index (χ3n) is 2.26. The number of rotatable bonds is 7. The Morgan fingerprint density at radius 3 is 2.50 bits per heavy atom. The number of ketones is 1. The van der Waals surface area contributed by atoms with Crippen molar-refractivity contribution in [2.75, 3.05) is 19.8 Å². The van der Waals surface area contributed by atoms with Crippen LogP contribution < -0.4 is 0 Å². The highest BCUT2D eigenvalue weighted by molar-refractivity contribution is 5.82. The number of ether oxygens (including phenoxy) is 3. The van der Waals surface area contributed by atoms with E-state index in [0.29, 0.717) is 32.7 Å². The lowest BCUT2D eigenvalue weighted by Gasteiger charge is -2.07. The molecular weight excluding hydrogens is 212 g/mol. The second kappa shape index (κ2) is 7.35. The maximum Gasteiger partial charge on any atom is 0.306 e. The van der Waals surface area contributed by atoms with E-state index in [0.717, 1.165) is 0 Å². The number of Topliss-reactive ketones (excluding diaryl/α,β-unsaturated/α-hetero) is 1. The van der Waals surface area contributed by atoms with Crippen LogP contribution in [0.5, 0.6) is 0 Å². The summed E-state index contributed by atoms with van der Waals surface area (Å²) in [5.74, 6) is -0.267. The standard InChI is InChI=1S/C11H18O5/c1-2-14-10(13)5-3-9(12)4-6-11-15-7-8-16-11/h11H,2-8H2,1H3. The van der Waals surface area contributed by atoms with E-state index in [1.54, 1.807) is 6.92 Å². The summed E-state index contributed by atoms with van der Waals surface area (Å²) >= 11 is 0. The van der Waals surface area contributed by atoms with E-state index in [2.05, 4.69) is 0 Å². The van der Waals surface area contributed by atoms with Gasteiger partial charge in [0.2, 0.25) is 0 Å². The first kappa shape index (κ1) is 13.1.